The molecule has 0 saturated heterocycles. The van der Waals surface area contributed by atoms with Gasteiger partial charge in [0, 0.05) is 36.0 Å². The van der Waals surface area contributed by atoms with Gasteiger partial charge in [-0.3, -0.25) is 4.79 Å². The fraction of sp³-hybridized carbons (Fsp3) is 0.500. The van der Waals surface area contributed by atoms with Gasteiger partial charge in [0.15, 0.2) is 5.54 Å². The predicted molar refractivity (Wildman–Crippen MR) is 142 cm³/mol. The van der Waals surface area contributed by atoms with Crippen LogP contribution in [0.5, 0.6) is 5.75 Å². The zero-order valence-corrected chi connectivity index (χ0v) is 22.3. The first-order valence-electron chi connectivity index (χ1n) is 12.7. The van der Waals surface area contributed by atoms with Crippen LogP contribution in [-0.4, -0.2) is 59.0 Å². The van der Waals surface area contributed by atoms with E-state index in [4.69, 9.17) is 19.6 Å². The molecule has 1 aliphatic carbocycles. The highest BCUT2D eigenvalue weighted by Gasteiger charge is 2.51. The van der Waals surface area contributed by atoms with Crippen LogP contribution in [0.15, 0.2) is 58.0 Å². The Labute approximate surface area is 221 Å². The average Bonchev–Trinajstić information content (AvgIpc) is 3.22. The molecule has 2 atom stereocenters. The Morgan fingerprint density at radius 2 is 1.89 bits per heavy atom. The first kappa shape index (κ1) is 26.6. The van der Waals surface area contributed by atoms with E-state index < -0.39 is 17.2 Å². The summed E-state index contributed by atoms with van der Waals surface area (Å²) in [5.74, 6) is 0.850. The molecule has 2 aromatic rings. The highest BCUT2D eigenvalue weighted by molar-refractivity contribution is 9.10. The van der Waals surface area contributed by atoms with Crippen LogP contribution in [0.2, 0.25) is 0 Å². The van der Waals surface area contributed by atoms with Crippen molar-refractivity contribution in [3.63, 3.8) is 0 Å². The number of halogens is 1. The van der Waals surface area contributed by atoms with Crippen LogP contribution >= 0.6 is 15.9 Å². The second-order valence-electron chi connectivity index (χ2n) is 9.79. The smallest absolute Gasteiger partial charge is 0.252 e. The molecule has 0 spiro atoms. The average molecular weight is 560 g/mol. The number of aliphatic hydroxyl groups is 2. The van der Waals surface area contributed by atoms with E-state index in [-0.39, 0.29) is 19.1 Å². The summed E-state index contributed by atoms with van der Waals surface area (Å²) in [6, 6.07) is 15.2. The maximum absolute atomic E-state index is 13.8. The van der Waals surface area contributed by atoms with Gasteiger partial charge in [-0.15, -0.1) is 0 Å². The summed E-state index contributed by atoms with van der Waals surface area (Å²) in [7, 11) is 0. The van der Waals surface area contributed by atoms with Crippen LogP contribution < -0.4 is 10.1 Å². The van der Waals surface area contributed by atoms with Crippen LogP contribution in [0.1, 0.15) is 56.6 Å². The minimum absolute atomic E-state index is 0.0830. The highest BCUT2D eigenvalue weighted by atomic mass is 79.9. The molecule has 0 radical (unpaired) electrons. The molecule has 1 fully saturated rings. The van der Waals surface area contributed by atoms with E-state index in [2.05, 4.69) is 21.2 Å². The molecular weight excluding hydrogens is 524 g/mol. The van der Waals surface area contributed by atoms with E-state index >= 15 is 0 Å². The summed E-state index contributed by atoms with van der Waals surface area (Å²) in [4.78, 5) is 18.7. The largest absolute Gasteiger partial charge is 0.494 e. The number of aliphatic hydroxyl groups excluding tert-OH is 1. The first-order valence-corrected chi connectivity index (χ1v) is 13.5. The van der Waals surface area contributed by atoms with Crippen molar-refractivity contribution >= 4 is 27.7 Å². The van der Waals surface area contributed by atoms with Gasteiger partial charge in [0.05, 0.1) is 12.2 Å². The number of nitrogens with zero attached hydrogens (tertiary/aromatic N) is 1. The van der Waals surface area contributed by atoms with Gasteiger partial charge in [-0.05, 0) is 55.7 Å². The number of carbonyl (C=O) groups is 1. The third-order valence-electron chi connectivity index (χ3n) is 7.11. The summed E-state index contributed by atoms with van der Waals surface area (Å²) in [5.41, 5.74) is -0.342. The fourth-order valence-corrected chi connectivity index (χ4v) is 5.28. The second kappa shape index (κ2) is 11.8. The molecule has 2 aromatic carbocycles. The van der Waals surface area contributed by atoms with E-state index in [0.717, 1.165) is 34.9 Å². The fourth-order valence-electron chi connectivity index (χ4n) is 4.86. The minimum atomic E-state index is -1.18. The van der Waals surface area contributed by atoms with E-state index in [1.54, 1.807) is 0 Å². The molecule has 0 bridgehead atoms. The van der Waals surface area contributed by atoms with E-state index in [9.17, 15) is 9.90 Å². The number of ether oxygens (including phenoxy) is 2. The highest BCUT2D eigenvalue weighted by Crippen LogP contribution is 2.35. The number of aliphatic imine (C=N–C) groups is 1. The standard InChI is InChI=1S/C28H35BrN2O5/c1-20-28(18-22-8-3-4-9-24(22)29,26(33)30-19-27(34)14-5-2-6-15-27)31-25(36-20)21-10-12-23(13-11-21)35-17-7-16-32/h3-4,8-13,20,32,34H,2,5-7,14-19H2,1H3,(H,30,33)/t20-,28-/m1/s1. The zero-order valence-electron chi connectivity index (χ0n) is 20.7. The van der Waals surface area contributed by atoms with E-state index in [1.165, 1.54) is 0 Å². The summed E-state index contributed by atoms with van der Waals surface area (Å²) >= 11 is 3.61. The van der Waals surface area contributed by atoms with Crippen molar-refractivity contribution in [2.24, 2.45) is 4.99 Å². The maximum atomic E-state index is 13.8. The Morgan fingerprint density at radius 3 is 2.58 bits per heavy atom. The molecule has 1 aliphatic heterocycles. The van der Waals surface area contributed by atoms with Crippen LogP contribution in [0.4, 0.5) is 0 Å². The number of rotatable bonds is 10. The topological polar surface area (TPSA) is 100 Å². The molecule has 0 aromatic heterocycles. The number of carbonyl (C=O) groups excluding carboxylic acids is 1. The molecule has 3 N–H and O–H groups in total. The first-order chi connectivity index (χ1) is 17.3. The van der Waals surface area contributed by atoms with Gasteiger partial charge in [0.2, 0.25) is 5.90 Å². The van der Waals surface area contributed by atoms with Gasteiger partial charge < -0.3 is 25.0 Å². The third-order valence-corrected chi connectivity index (χ3v) is 7.88. The molecule has 1 saturated carbocycles. The van der Waals surface area contributed by atoms with Crippen molar-refractivity contribution in [2.45, 2.75) is 69.1 Å². The lowest BCUT2D eigenvalue weighted by Crippen LogP contribution is -2.55. The molecule has 2 aliphatic rings. The number of hydrogen-bond donors (Lipinski definition) is 3. The van der Waals surface area contributed by atoms with Gasteiger partial charge in [0.25, 0.3) is 5.91 Å². The normalized spacial score (nSPS) is 23.0. The predicted octanol–water partition coefficient (Wildman–Crippen LogP) is 4.17. The number of benzene rings is 2. The molecule has 8 heteroatoms. The zero-order chi connectivity index (χ0) is 25.6. The SMILES string of the molecule is C[C@H]1OC(c2ccc(OCCCO)cc2)=N[C@@]1(Cc1ccccc1Br)C(=O)NCC1(O)CCCCC1. The monoisotopic (exact) mass is 558 g/mol. The molecule has 0 unspecified atom stereocenters. The van der Waals surface area contributed by atoms with Crippen LogP contribution in [0.3, 0.4) is 0 Å². The van der Waals surface area contributed by atoms with Crippen molar-refractivity contribution < 1.29 is 24.5 Å². The summed E-state index contributed by atoms with van der Waals surface area (Å²) in [6.45, 7) is 2.60. The summed E-state index contributed by atoms with van der Waals surface area (Å²) < 4.78 is 12.7. The van der Waals surface area contributed by atoms with Gasteiger partial charge in [-0.1, -0.05) is 53.4 Å². The van der Waals surface area contributed by atoms with Gasteiger partial charge >= 0.3 is 0 Å². The molecule has 1 heterocycles. The molecule has 1 amide bonds. The van der Waals surface area contributed by atoms with Gasteiger partial charge in [0.1, 0.15) is 11.9 Å². The van der Waals surface area contributed by atoms with Crippen molar-refractivity contribution in [1.82, 2.24) is 5.32 Å². The number of nitrogens with one attached hydrogen (secondary N) is 1. The minimum Gasteiger partial charge on any atom is -0.494 e. The Kier molecular flexibility index (Phi) is 8.70. The quantitative estimate of drug-likeness (QED) is 0.380. The van der Waals surface area contributed by atoms with Gasteiger partial charge in [-0.25, -0.2) is 4.99 Å². The van der Waals surface area contributed by atoms with Crippen LogP contribution in [0.25, 0.3) is 0 Å². The van der Waals surface area contributed by atoms with Crippen molar-refractivity contribution in [3.8, 4) is 5.75 Å². The van der Waals surface area contributed by atoms with E-state index in [1.807, 2.05) is 55.5 Å². The lowest BCUT2D eigenvalue weighted by atomic mass is 9.83. The molecular formula is C28H35BrN2O5. The lowest BCUT2D eigenvalue weighted by Gasteiger charge is -2.34. The molecule has 7 nitrogen and oxygen atoms in total. The molecule has 4 rings (SSSR count). The Hall–Kier alpha value is -2.42. The Morgan fingerprint density at radius 1 is 1.17 bits per heavy atom. The van der Waals surface area contributed by atoms with Crippen molar-refractivity contribution in [3.05, 3.63) is 64.1 Å². The second-order valence-corrected chi connectivity index (χ2v) is 10.6. The van der Waals surface area contributed by atoms with Crippen molar-refractivity contribution in [2.75, 3.05) is 19.8 Å². The number of hydrogen-bond acceptors (Lipinski definition) is 6. The van der Waals surface area contributed by atoms with Gasteiger partial charge in [-0.2, -0.15) is 0 Å². The molecule has 36 heavy (non-hydrogen) atoms. The summed E-state index contributed by atoms with van der Waals surface area (Å²) in [6.07, 6.45) is 4.84. The lowest BCUT2D eigenvalue weighted by molar-refractivity contribution is -0.130. The number of amides is 1. The maximum Gasteiger partial charge on any atom is 0.252 e. The van der Waals surface area contributed by atoms with E-state index in [0.29, 0.717) is 43.9 Å². The third kappa shape index (κ3) is 6.10. The van der Waals surface area contributed by atoms with Crippen LogP contribution in [0, 0.1) is 0 Å². The Bertz CT molecular complexity index is 1070. The summed E-state index contributed by atoms with van der Waals surface area (Å²) in [5, 5.41) is 22.9. The van der Waals surface area contributed by atoms with Crippen molar-refractivity contribution in [1.29, 1.82) is 0 Å². The molecule has 194 valence electrons. The Balaban J connectivity index is 1.59. The van der Waals surface area contributed by atoms with Crippen LogP contribution in [-0.2, 0) is 16.0 Å².